The topological polar surface area (TPSA) is 63.8 Å². The fraction of sp³-hybridized carbons (Fsp3) is 0.0400. The molecule has 0 saturated heterocycles. The van der Waals surface area contributed by atoms with E-state index in [1.165, 1.54) is 6.21 Å². The molecule has 1 aromatic heterocycles. The van der Waals surface area contributed by atoms with Crippen molar-refractivity contribution in [3.8, 4) is 28.2 Å². The molecule has 0 unspecified atom stereocenters. The Labute approximate surface area is 184 Å². The molecular weight excluding hydrogens is 412 g/mol. The van der Waals surface area contributed by atoms with Crippen LogP contribution in [-0.4, -0.2) is 18.7 Å². The van der Waals surface area contributed by atoms with Gasteiger partial charge in [-0.3, -0.25) is 4.79 Å². The van der Waals surface area contributed by atoms with Crippen LogP contribution >= 0.6 is 11.6 Å². The Morgan fingerprint density at radius 1 is 0.871 bits per heavy atom. The molecule has 0 aliphatic carbocycles. The number of halogens is 1. The fourth-order valence-corrected chi connectivity index (χ4v) is 3.04. The number of carbonyl (C=O) groups is 1. The average Bonchev–Trinajstić information content (AvgIpc) is 3.28. The van der Waals surface area contributed by atoms with Gasteiger partial charge in [-0.2, -0.15) is 5.10 Å². The van der Waals surface area contributed by atoms with E-state index in [0.717, 1.165) is 16.7 Å². The first kappa shape index (κ1) is 20.4. The molecule has 31 heavy (non-hydrogen) atoms. The Bertz CT molecular complexity index is 1170. The van der Waals surface area contributed by atoms with Gasteiger partial charge in [0.1, 0.15) is 17.3 Å². The number of furan rings is 1. The van der Waals surface area contributed by atoms with E-state index in [0.29, 0.717) is 22.3 Å². The lowest BCUT2D eigenvalue weighted by Crippen LogP contribution is -2.24. The van der Waals surface area contributed by atoms with Crippen molar-refractivity contribution < 1.29 is 13.9 Å². The van der Waals surface area contributed by atoms with Crippen LogP contribution in [-0.2, 0) is 4.79 Å². The van der Waals surface area contributed by atoms with E-state index in [9.17, 15) is 4.79 Å². The third-order valence-corrected chi connectivity index (χ3v) is 4.72. The summed E-state index contributed by atoms with van der Waals surface area (Å²) in [5.41, 5.74) is 5.53. The summed E-state index contributed by atoms with van der Waals surface area (Å²) < 4.78 is 11.2. The lowest BCUT2D eigenvalue weighted by atomic mass is 10.1. The molecule has 3 aromatic carbocycles. The van der Waals surface area contributed by atoms with Crippen LogP contribution in [0.15, 0.2) is 101 Å². The quantitative estimate of drug-likeness (QED) is 0.298. The third kappa shape index (κ3) is 5.62. The number of rotatable bonds is 7. The third-order valence-electron chi connectivity index (χ3n) is 4.47. The van der Waals surface area contributed by atoms with Crippen LogP contribution in [0, 0.1) is 0 Å². The molecule has 0 fully saturated rings. The maximum absolute atomic E-state index is 12.0. The van der Waals surface area contributed by atoms with E-state index in [-0.39, 0.29) is 12.5 Å². The van der Waals surface area contributed by atoms with Crippen LogP contribution in [0.25, 0.3) is 22.5 Å². The summed E-state index contributed by atoms with van der Waals surface area (Å²) in [4.78, 5) is 12.0. The molecule has 154 valence electrons. The van der Waals surface area contributed by atoms with Crippen LogP contribution in [0.4, 0.5) is 0 Å². The average molecular weight is 431 g/mol. The molecule has 6 heteroatoms. The van der Waals surface area contributed by atoms with Crippen molar-refractivity contribution in [1.82, 2.24) is 5.43 Å². The lowest BCUT2D eigenvalue weighted by Gasteiger charge is -2.06. The Hall–Kier alpha value is -3.83. The second kappa shape index (κ2) is 9.78. The number of amides is 1. The van der Waals surface area contributed by atoms with Gasteiger partial charge in [-0.1, -0.05) is 54.1 Å². The van der Waals surface area contributed by atoms with Gasteiger partial charge in [-0.05, 0) is 59.7 Å². The highest BCUT2D eigenvalue weighted by Gasteiger charge is 2.05. The number of nitrogens with one attached hydrogen (secondary N) is 1. The largest absolute Gasteiger partial charge is 0.484 e. The van der Waals surface area contributed by atoms with Crippen LogP contribution in [0.5, 0.6) is 5.75 Å². The number of benzene rings is 3. The lowest BCUT2D eigenvalue weighted by molar-refractivity contribution is -0.123. The van der Waals surface area contributed by atoms with Gasteiger partial charge in [-0.25, -0.2) is 5.43 Å². The van der Waals surface area contributed by atoms with Crippen molar-refractivity contribution >= 4 is 23.7 Å². The smallest absolute Gasteiger partial charge is 0.277 e. The van der Waals surface area contributed by atoms with E-state index in [1.54, 1.807) is 18.2 Å². The molecule has 0 spiro atoms. The van der Waals surface area contributed by atoms with E-state index < -0.39 is 0 Å². The zero-order chi connectivity index (χ0) is 21.5. The summed E-state index contributed by atoms with van der Waals surface area (Å²) in [7, 11) is 0. The Morgan fingerprint density at radius 3 is 2.29 bits per heavy atom. The number of carbonyl (C=O) groups excluding carboxylic acids is 1. The highest BCUT2D eigenvalue weighted by atomic mass is 35.5. The second-order valence-corrected chi connectivity index (χ2v) is 7.12. The van der Waals surface area contributed by atoms with Crippen molar-refractivity contribution in [2.75, 3.05) is 6.61 Å². The van der Waals surface area contributed by atoms with E-state index in [2.05, 4.69) is 10.5 Å². The normalized spacial score (nSPS) is 10.9. The first-order valence-electron chi connectivity index (χ1n) is 9.63. The van der Waals surface area contributed by atoms with E-state index in [4.69, 9.17) is 20.8 Å². The maximum atomic E-state index is 12.0. The van der Waals surface area contributed by atoms with Crippen molar-refractivity contribution in [1.29, 1.82) is 0 Å². The SMILES string of the molecule is O=C(COc1ccc(-c2ccccc2)cc1)NN=Cc1ccc(-c2ccc(Cl)cc2)o1. The standard InChI is InChI=1S/C25H19ClN2O3/c26-21-10-6-20(7-11-21)24-15-14-23(31-24)16-27-28-25(29)17-30-22-12-8-19(9-13-22)18-4-2-1-3-5-18/h1-16H,17H2,(H,28,29). The zero-order valence-electron chi connectivity index (χ0n) is 16.5. The first-order valence-corrected chi connectivity index (χ1v) is 10.0. The van der Waals surface area contributed by atoms with Crippen LogP contribution in [0.3, 0.4) is 0 Å². The van der Waals surface area contributed by atoms with Gasteiger partial charge in [0.25, 0.3) is 5.91 Å². The van der Waals surface area contributed by atoms with Gasteiger partial charge in [0, 0.05) is 10.6 Å². The Balaban J connectivity index is 1.26. The van der Waals surface area contributed by atoms with Gasteiger partial charge >= 0.3 is 0 Å². The minimum atomic E-state index is -0.368. The number of hydrogen-bond acceptors (Lipinski definition) is 4. The number of nitrogens with zero attached hydrogens (tertiary/aromatic N) is 1. The Kier molecular flexibility index (Phi) is 6.45. The van der Waals surface area contributed by atoms with Crippen molar-refractivity contribution in [2.45, 2.75) is 0 Å². The highest BCUT2D eigenvalue weighted by molar-refractivity contribution is 6.30. The molecule has 0 aliphatic rings. The maximum Gasteiger partial charge on any atom is 0.277 e. The summed E-state index contributed by atoms with van der Waals surface area (Å²) in [6.07, 6.45) is 1.44. The molecule has 4 rings (SSSR count). The minimum Gasteiger partial charge on any atom is -0.484 e. The van der Waals surface area contributed by atoms with Crippen LogP contribution in [0.2, 0.25) is 5.02 Å². The molecule has 1 amide bonds. The summed E-state index contributed by atoms with van der Waals surface area (Å²) in [6, 6.07) is 28.5. The van der Waals surface area contributed by atoms with Crippen LogP contribution in [0.1, 0.15) is 5.76 Å². The number of ether oxygens (including phenoxy) is 1. The molecule has 0 aliphatic heterocycles. The predicted octanol–water partition coefficient (Wildman–Crippen LogP) is 5.80. The summed E-state index contributed by atoms with van der Waals surface area (Å²) in [5.74, 6) is 1.44. The number of hydrazone groups is 1. The molecule has 0 radical (unpaired) electrons. The summed E-state index contributed by atoms with van der Waals surface area (Å²) in [6.45, 7) is -0.143. The molecule has 1 N–H and O–H groups in total. The Morgan fingerprint density at radius 2 is 1.55 bits per heavy atom. The summed E-state index contributed by atoms with van der Waals surface area (Å²) >= 11 is 5.90. The van der Waals surface area contributed by atoms with Gasteiger partial charge < -0.3 is 9.15 Å². The molecule has 4 aromatic rings. The fourth-order valence-electron chi connectivity index (χ4n) is 2.91. The van der Waals surface area contributed by atoms with Gasteiger partial charge in [0.2, 0.25) is 0 Å². The molecular formula is C25H19ClN2O3. The van der Waals surface area contributed by atoms with Gasteiger partial charge in [0.05, 0.1) is 6.21 Å². The molecule has 0 atom stereocenters. The van der Waals surface area contributed by atoms with Crippen LogP contribution < -0.4 is 10.2 Å². The molecule has 1 heterocycles. The molecule has 5 nitrogen and oxygen atoms in total. The first-order chi connectivity index (χ1) is 15.2. The molecule has 0 bridgehead atoms. The van der Waals surface area contributed by atoms with E-state index >= 15 is 0 Å². The predicted molar refractivity (Wildman–Crippen MR) is 122 cm³/mol. The monoisotopic (exact) mass is 430 g/mol. The molecule has 0 saturated carbocycles. The van der Waals surface area contributed by atoms with Gasteiger partial charge in [0.15, 0.2) is 6.61 Å². The van der Waals surface area contributed by atoms with Crippen molar-refractivity contribution in [3.05, 3.63) is 102 Å². The number of hydrogen-bond donors (Lipinski definition) is 1. The second-order valence-electron chi connectivity index (χ2n) is 6.68. The summed E-state index contributed by atoms with van der Waals surface area (Å²) in [5, 5.41) is 4.57. The zero-order valence-corrected chi connectivity index (χ0v) is 17.3. The van der Waals surface area contributed by atoms with Gasteiger partial charge in [-0.15, -0.1) is 0 Å². The van der Waals surface area contributed by atoms with E-state index in [1.807, 2.05) is 72.8 Å². The van der Waals surface area contributed by atoms with Crippen molar-refractivity contribution in [3.63, 3.8) is 0 Å². The minimum absolute atomic E-state index is 0.143. The highest BCUT2D eigenvalue weighted by Crippen LogP contribution is 2.23. The van der Waals surface area contributed by atoms with Crippen molar-refractivity contribution in [2.24, 2.45) is 5.10 Å².